The molecule has 0 saturated heterocycles. The first kappa shape index (κ1) is 15.1. The minimum atomic E-state index is -0.408. The van der Waals surface area contributed by atoms with Gasteiger partial charge in [-0.2, -0.15) is 0 Å². The van der Waals surface area contributed by atoms with Gasteiger partial charge >= 0.3 is 0 Å². The number of carbonyl (C=O) groups is 1. The Balaban J connectivity index is 2.08. The van der Waals surface area contributed by atoms with Gasteiger partial charge in [0.15, 0.2) is 5.13 Å². The van der Waals surface area contributed by atoms with Gasteiger partial charge in [0.25, 0.3) is 0 Å². The predicted molar refractivity (Wildman–Crippen MR) is 84.9 cm³/mol. The van der Waals surface area contributed by atoms with Crippen LogP contribution in [0, 0.1) is 0 Å². The molecule has 1 amide bonds. The molecule has 0 bridgehead atoms. The summed E-state index contributed by atoms with van der Waals surface area (Å²) in [7, 11) is 0. The smallest absolute Gasteiger partial charge is 0.248 e. The Bertz CT molecular complexity index is 589. The van der Waals surface area contributed by atoms with Crippen molar-refractivity contribution in [3.8, 4) is 0 Å². The summed E-state index contributed by atoms with van der Waals surface area (Å²) in [5, 5.41) is 9.32. The molecule has 0 radical (unpaired) electrons. The van der Waals surface area contributed by atoms with Crippen LogP contribution in [0.15, 0.2) is 29.8 Å². The number of thiazole rings is 1. The van der Waals surface area contributed by atoms with Crippen LogP contribution in [0.5, 0.6) is 0 Å². The Morgan fingerprint density at radius 2 is 2.25 bits per heavy atom. The molecular formula is C13H13Cl2N3OS. The molecule has 1 heterocycles. The second-order valence-electron chi connectivity index (χ2n) is 4.06. The van der Waals surface area contributed by atoms with E-state index in [2.05, 4.69) is 15.6 Å². The number of rotatable bonds is 5. The van der Waals surface area contributed by atoms with Crippen LogP contribution < -0.4 is 10.6 Å². The molecule has 0 saturated carbocycles. The van der Waals surface area contributed by atoms with E-state index in [-0.39, 0.29) is 5.91 Å². The van der Waals surface area contributed by atoms with Crippen LogP contribution in [0.1, 0.15) is 13.3 Å². The molecule has 0 unspecified atom stereocenters. The van der Waals surface area contributed by atoms with Crippen molar-refractivity contribution in [1.29, 1.82) is 0 Å². The Morgan fingerprint density at radius 3 is 2.90 bits per heavy atom. The lowest BCUT2D eigenvalue weighted by molar-refractivity contribution is -0.116. The molecule has 0 aliphatic carbocycles. The van der Waals surface area contributed by atoms with Crippen molar-refractivity contribution < 1.29 is 4.79 Å². The first-order valence-electron chi connectivity index (χ1n) is 6.02. The van der Waals surface area contributed by atoms with Gasteiger partial charge in [0.05, 0.1) is 10.7 Å². The van der Waals surface area contributed by atoms with Crippen molar-refractivity contribution in [2.45, 2.75) is 19.4 Å². The lowest BCUT2D eigenvalue weighted by atomic mass is 10.2. The average molecular weight is 330 g/mol. The Hall–Kier alpha value is -1.30. The van der Waals surface area contributed by atoms with Crippen LogP contribution in [0.4, 0.5) is 10.8 Å². The third-order valence-corrected chi connectivity index (χ3v) is 3.90. The van der Waals surface area contributed by atoms with Crippen LogP contribution in [0.3, 0.4) is 0 Å². The number of benzene rings is 1. The molecule has 2 N–H and O–H groups in total. The lowest BCUT2D eigenvalue weighted by Gasteiger charge is -2.18. The summed E-state index contributed by atoms with van der Waals surface area (Å²) < 4.78 is 0. The molecular weight excluding hydrogens is 317 g/mol. The van der Waals surface area contributed by atoms with E-state index in [0.29, 0.717) is 27.3 Å². The van der Waals surface area contributed by atoms with Crippen molar-refractivity contribution in [2.24, 2.45) is 0 Å². The standard InChI is InChI=1S/C13H13Cl2N3OS/c1-2-10(12(19)18-13-16-5-6-20-13)17-11-7-8(14)3-4-9(11)15/h3-7,10,17H,2H2,1H3,(H,16,18,19)/t10-/m1/s1. The molecule has 7 heteroatoms. The van der Waals surface area contributed by atoms with E-state index in [9.17, 15) is 4.79 Å². The number of amides is 1. The topological polar surface area (TPSA) is 54.0 Å². The summed E-state index contributed by atoms with van der Waals surface area (Å²) in [6.45, 7) is 1.91. The highest BCUT2D eigenvalue weighted by Gasteiger charge is 2.18. The van der Waals surface area contributed by atoms with Crippen LogP contribution in [-0.2, 0) is 4.79 Å². The first-order chi connectivity index (χ1) is 9.60. The zero-order chi connectivity index (χ0) is 14.5. The second kappa shape index (κ2) is 6.92. The Morgan fingerprint density at radius 1 is 1.45 bits per heavy atom. The zero-order valence-electron chi connectivity index (χ0n) is 10.7. The van der Waals surface area contributed by atoms with E-state index in [1.54, 1.807) is 29.8 Å². The zero-order valence-corrected chi connectivity index (χ0v) is 13.0. The Labute approximate surface area is 131 Å². The minimum absolute atomic E-state index is 0.154. The third-order valence-electron chi connectivity index (χ3n) is 2.65. The fraction of sp³-hybridized carbons (Fsp3) is 0.231. The highest BCUT2D eigenvalue weighted by Crippen LogP contribution is 2.26. The molecule has 0 spiro atoms. The maximum absolute atomic E-state index is 12.2. The monoisotopic (exact) mass is 329 g/mol. The Kier molecular flexibility index (Phi) is 5.23. The molecule has 1 aromatic heterocycles. The molecule has 1 atom stereocenters. The summed E-state index contributed by atoms with van der Waals surface area (Å²) in [4.78, 5) is 16.2. The SMILES string of the molecule is CC[C@@H](Nc1cc(Cl)ccc1Cl)C(=O)Nc1nccs1. The fourth-order valence-electron chi connectivity index (χ4n) is 1.63. The lowest BCUT2D eigenvalue weighted by Crippen LogP contribution is -2.34. The van der Waals surface area contributed by atoms with Gasteiger partial charge in [-0.25, -0.2) is 4.98 Å². The van der Waals surface area contributed by atoms with E-state index >= 15 is 0 Å². The van der Waals surface area contributed by atoms with Crippen LogP contribution in [0.25, 0.3) is 0 Å². The van der Waals surface area contributed by atoms with Crippen molar-refractivity contribution in [1.82, 2.24) is 4.98 Å². The van der Waals surface area contributed by atoms with Crippen LogP contribution >= 0.6 is 34.5 Å². The normalized spacial score (nSPS) is 11.9. The molecule has 0 aliphatic heterocycles. The largest absolute Gasteiger partial charge is 0.372 e. The van der Waals surface area contributed by atoms with Crippen LogP contribution in [-0.4, -0.2) is 16.9 Å². The summed E-state index contributed by atoms with van der Waals surface area (Å²) in [6, 6.07) is 4.68. The summed E-state index contributed by atoms with van der Waals surface area (Å²) in [5.74, 6) is -0.154. The van der Waals surface area contributed by atoms with Gasteiger partial charge in [-0.3, -0.25) is 4.79 Å². The van der Waals surface area contributed by atoms with Gasteiger partial charge in [-0.15, -0.1) is 11.3 Å². The third kappa shape index (κ3) is 3.85. The number of anilines is 2. The van der Waals surface area contributed by atoms with Gasteiger partial charge in [0, 0.05) is 16.6 Å². The predicted octanol–water partition coefficient (Wildman–Crippen LogP) is 4.28. The van der Waals surface area contributed by atoms with Gasteiger partial charge in [0.1, 0.15) is 6.04 Å². The number of nitrogens with zero attached hydrogens (tertiary/aromatic N) is 1. The van der Waals surface area contributed by atoms with Gasteiger partial charge in [0.2, 0.25) is 5.91 Å². The van der Waals surface area contributed by atoms with Crippen molar-refractivity contribution in [3.63, 3.8) is 0 Å². The first-order valence-corrected chi connectivity index (χ1v) is 7.65. The number of nitrogens with one attached hydrogen (secondary N) is 2. The molecule has 1 aromatic carbocycles. The number of halogens is 2. The maximum Gasteiger partial charge on any atom is 0.248 e. The number of hydrogen-bond acceptors (Lipinski definition) is 4. The number of hydrogen-bond donors (Lipinski definition) is 2. The molecule has 106 valence electrons. The molecule has 2 aromatic rings. The molecule has 20 heavy (non-hydrogen) atoms. The molecule has 0 aliphatic rings. The van der Waals surface area contributed by atoms with E-state index < -0.39 is 6.04 Å². The number of carbonyl (C=O) groups excluding carboxylic acids is 1. The van der Waals surface area contributed by atoms with E-state index in [0.717, 1.165) is 0 Å². The van der Waals surface area contributed by atoms with Gasteiger partial charge < -0.3 is 10.6 Å². The molecule has 4 nitrogen and oxygen atoms in total. The summed E-state index contributed by atoms with van der Waals surface area (Å²) in [5.41, 5.74) is 0.639. The number of aromatic nitrogens is 1. The highest BCUT2D eigenvalue weighted by atomic mass is 35.5. The summed E-state index contributed by atoms with van der Waals surface area (Å²) >= 11 is 13.4. The highest BCUT2D eigenvalue weighted by molar-refractivity contribution is 7.13. The van der Waals surface area contributed by atoms with Crippen molar-refractivity contribution >= 4 is 51.3 Å². The van der Waals surface area contributed by atoms with E-state index in [1.807, 2.05) is 6.92 Å². The van der Waals surface area contributed by atoms with E-state index in [4.69, 9.17) is 23.2 Å². The molecule has 0 fully saturated rings. The van der Waals surface area contributed by atoms with E-state index in [1.165, 1.54) is 11.3 Å². The molecule has 2 rings (SSSR count). The minimum Gasteiger partial charge on any atom is -0.372 e. The second-order valence-corrected chi connectivity index (χ2v) is 5.79. The van der Waals surface area contributed by atoms with Gasteiger partial charge in [-0.1, -0.05) is 30.1 Å². The average Bonchev–Trinajstić information content (AvgIpc) is 2.92. The van der Waals surface area contributed by atoms with Crippen LogP contribution in [0.2, 0.25) is 10.0 Å². The fourth-order valence-corrected chi connectivity index (χ4v) is 2.50. The quantitative estimate of drug-likeness (QED) is 0.860. The maximum atomic E-state index is 12.2. The van der Waals surface area contributed by atoms with Crippen molar-refractivity contribution in [3.05, 3.63) is 39.8 Å². The summed E-state index contributed by atoms with van der Waals surface area (Å²) in [6.07, 6.45) is 2.25. The van der Waals surface area contributed by atoms with Crippen molar-refractivity contribution in [2.75, 3.05) is 10.6 Å². The van der Waals surface area contributed by atoms with Gasteiger partial charge in [-0.05, 0) is 24.6 Å².